The van der Waals surface area contributed by atoms with Gasteiger partial charge in [-0.05, 0) is 49.8 Å². The third-order valence-electron chi connectivity index (χ3n) is 4.85. The van der Waals surface area contributed by atoms with Gasteiger partial charge in [0.05, 0.1) is 5.69 Å². The molecule has 4 heteroatoms. The second-order valence-corrected chi connectivity index (χ2v) is 8.21. The maximum atomic E-state index is 5.85. The monoisotopic (exact) mass is 351 g/mol. The van der Waals surface area contributed by atoms with E-state index in [9.17, 15) is 0 Å². The summed E-state index contributed by atoms with van der Waals surface area (Å²) < 4.78 is 17.4. The van der Waals surface area contributed by atoms with E-state index in [-0.39, 0.29) is 5.41 Å². The van der Waals surface area contributed by atoms with Crippen molar-refractivity contribution in [1.29, 1.82) is 0 Å². The molecule has 0 saturated heterocycles. The lowest BCUT2D eigenvalue weighted by molar-refractivity contribution is 0.269. The van der Waals surface area contributed by atoms with Crippen molar-refractivity contribution in [2.75, 3.05) is 4.90 Å². The van der Waals surface area contributed by atoms with Gasteiger partial charge in [0.15, 0.2) is 0 Å². The van der Waals surface area contributed by atoms with Crippen LogP contribution in [0.1, 0.15) is 49.0 Å². The molecule has 136 valence electrons. The van der Waals surface area contributed by atoms with Crippen LogP contribution in [0.25, 0.3) is 0 Å². The van der Waals surface area contributed by atoms with Gasteiger partial charge < -0.3 is 13.6 Å². The topological polar surface area (TPSA) is 38.8 Å². The number of fused-ring (bicyclic) bond motifs is 2. The zero-order chi connectivity index (χ0) is 18.8. The molecule has 2 aromatic heterocycles. The summed E-state index contributed by atoms with van der Waals surface area (Å²) >= 11 is 0. The van der Waals surface area contributed by atoms with E-state index in [0.717, 1.165) is 28.6 Å². The van der Waals surface area contributed by atoms with Crippen LogP contribution in [-0.2, 0) is 5.41 Å². The SMILES string of the molecule is Cc1cc2c(o1)Oc1oc(C)cc1N2c1c(C)cc(C(C)(C)C)cc1C. The van der Waals surface area contributed by atoms with E-state index in [1.807, 2.05) is 26.0 Å². The molecule has 0 radical (unpaired) electrons. The van der Waals surface area contributed by atoms with Crippen LogP contribution in [-0.4, -0.2) is 0 Å². The number of benzene rings is 1. The number of aryl methyl sites for hydroxylation is 4. The first kappa shape index (κ1) is 16.8. The summed E-state index contributed by atoms with van der Waals surface area (Å²) in [6.07, 6.45) is 0. The minimum absolute atomic E-state index is 0.105. The second-order valence-electron chi connectivity index (χ2n) is 8.21. The normalized spacial score (nSPS) is 13.4. The van der Waals surface area contributed by atoms with Gasteiger partial charge in [-0.1, -0.05) is 32.9 Å². The van der Waals surface area contributed by atoms with E-state index in [0.29, 0.717) is 11.9 Å². The first-order valence-corrected chi connectivity index (χ1v) is 8.95. The Labute approximate surface area is 154 Å². The molecule has 4 nitrogen and oxygen atoms in total. The van der Waals surface area contributed by atoms with Crippen molar-refractivity contribution in [3.8, 4) is 11.9 Å². The summed E-state index contributed by atoms with van der Waals surface area (Å²) in [5, 5.41) is 0. The first-order chi connectivity index (χ1) is 12.1. The van der Waals surface area contributed by atoms with Crippen molar-refractivity contribution in [2.45, 2.75) is 53.9 Å². The van der Waals surface area contributed by atoms with Crippen molar-refractivity contribution < 1.29 is 13.6 Å². The molecule has 3 heterocycles. The molecule has 0 fully saturated rings. The molecule has 1 aliphatic heterocycles. The lowest BCUT2D eigenvalue weighted by Gasteiger charge is -2.31. The van der Waals surface area contributed by atoms with Gasteiger partial charge in [-0.3, -0.25) is 4.90 Å². The van der Waals surface area contributed by atoms with Gasteiger partial charge in [0, 0.05) is 12.1 Å². The van der Waals surface area contributed by atoms with Crippen LogP contribution in [0.5, 0.6) is 11.9 Å². The van der Waals surface area contributed by atoms with Crippen LogP contribution >= 0.6 is 0 Å². The smallest absolute Gasteiger partial charge is 0.317 e. The number of hydrogen-bond acceptors (Lipinski definition) is 4. The van der Waals surface area contributed by atoms with Crippen molar-refractivity contribution in [2.24, 2.45) is 0 Å². The first-order valence-electron chi connectivity index (χ1n) is 8.95. The zero-order valence-electron chi connectivity index (χ0n) is 16.5. The summed E-state index contributed by atoms with van der Waals surface area (Å²) in [4.78, 5) is 2.19. The number of hydrogen-bond donors (Lipinski definition) is 0. The van der Waals surface area contributed by atoms with Gasteiger partial charge in [0.2, 0.25) is 0 Å². The predicted octanol–water partition coefficient (Wildman–Crippen LogP) is 6.98. The Hall–Kier alpha value is -2.62. The Morgan fingerprint density at radius 3 is 1.62 bits per heavy atom. The molecule has 0 amide bonds. The second kappa shape index (κ2) is 5.44. The minimum atomic E-state index is 0.105. The van der Waals surface area contributed by atoms with E-state index in [4.69, 9.17) is 13.6 Å². The molecule has 0 saturated carbocycles. The van der Waals surface area contributed by atoms with Crippen molar-refractivity contribution >= 4 is 17.1 Å². The Kier molecular flexibility index (Phi) is 3.52. The van der Waals surface area contributed by atoms with Crippen LogP contribution in [0.4, 0.5) is 17.1 Å². The van der Waals surface area contributed by atoms with E-state index < -0.39 is 0 Å². The Bertz CT molecular complexity index is 932. The van der Waals surface area contributed by atoms with E-state index in [1.54, 1.807) is 0 Å². The van der Waals surface area contributed by atoms with E-state index in [1.165, 1.54) is 16.7 Å². The summed E-state index contributed by atoms with van der Waals surface area (Å²) in [5.74, 6) is 2.57. The molecule has 0 spiro atoms. The highest BCUT2D eigenvalue weighted by atomic mass is 16.7. The highest BCUT2D eigenvalue weighted by Gasteiger charge is 2.34. The van der Waals surface area contributed by atoms with Gasteiger partial charge in [0.25, 0.3) is 0 Å². The van der Waals surface area contributed by atoms with Gasteiger partial charge in [-0.25, -0.2) is 0 Å². The summed E-state index contributed by atoms with van der Waals surface area (Å²) in [6, 6.07) is 8.57. The largest absolute Gasteiger partial charge is 0.429 e. The molecule has 3 aromatic rings. The van der Waals surface area contributed by atoms with Crippen LogP contribution in [0.3, 0.4) is 0 Å². The fourth-order valence-corrected chi connectivity index (χ4v) is 3.61. The molecule has 0 N–H and O–H groups in total. The fourth-order valence-electron chi connectivity index (χ4n) is 3.61. The van der Waals surface area contributed by atoms with E-state index >= 15 is 0 Å². The third kappa shape index (κ3) is 2.52. The number of rotatable bonds is 1. The number of anilines is 3. The Morgan fingerprint density at radius 2 is 1.19 bits per heavy atom. The van der Waals surface area contributed by atoms with Gasteiger partial charge in [-0.15, -0.1) is 0 Å². The third-order valence-corrected chi connectivity index (χ3v) is 4.85. The summed E-state index contributed by atoms with van der Waals surface area (Å²) in [5.41, 5.74) is 6.82. The van der Waals surface area contributed by atoms with Gasteiger partial charge >= 0.3 is 11.9 Å². The van der Waals surface area contributed by atoms with Crippen molar-refractivity contribution in [3.63, 3.8) is 0 Å². The standard InChI is InChI=1S/C22H25NO3/c1-12-8-16(22(5,6)7)9-13(2)19(12)23-17-10-14(3)24-20(17)26-21-18(23)11-15(4)25-21/h8-11H,1-7H3. The molecule has 0 bridgehead atoms. The van der Waals surface area contributed by atoms with Crippen LogP contribution in [0.2, 0.25) is 0 Å². The fraction of sp³-hybridized carbons (Fsp3) is 0.364. The lowest BCUT2D eigenvalue weighted by atomic mass is 9.84. The highest BCUT2D eigenvalue weighted by molar-refractivity contribution is 5.87. The average molecular weight is 351 g/mol. The Balaban J connectivity index is 1.96. The number of nitrogens with zero attached hydrogens (tertiary/aromatic N) is 1. The molecular weight excluding hydrogens is 326 g/mol. The van der Waals surface area contributed by atoms with Crippen molar-refractivity contribution in [1.82, 2.24) is 0 Å². The number of ether oxygens (including phenoxy) is 1. The molecular formula is C22H25NO3. The minimum Gasteiger partial charge on any atom is -0.429 e. The predicted molar refractivity (Wildman–Crippen MR) is 103 cm³/mol. The van der Waals surface area contributed by atoms with Gasteiger partial charge in [-0.2, -0.15) is 0 Å². The lowest BCUT2D eigenvalue weighted by Crippen LogP contribution is -2.18. The molecule has 1 aromatic carbocycles. The Morgan fingerprint density at radius 1 is 0.731 bits per heavy atom. The summed E-state index contributed by atoms with van der Waals surface area (Å²) in [6.45, 7) is 14.9. The van der Waals surface area contributed by atoms with Crippen LogP contribution in [0, 0.1) is 27.7 Å². The van der Waals surface area contributed by atoms with Crippen LogP contribution in [0.15, 0.2) is 33.1 Å². The zero-order valence-corrected chi connectivity index (χ0v) is 16.5. The quantitative estimate of drug-likeness (QED) is 0.371. The maximum absolute atomic E-state index is 5.85. The van der Waals surface area contributed by atoms with E-state index in [2.05, 4.69) is 51.7 Å². The van der Waals surface area contributed by atoms with Gasteiger partial charge in [0.1, 0.15) is 22.9 Å². The molecule has 4 rings (SSSR count). The molecule has 0 unspecified atom stereocenters. The highest BCUT2D eigenvalue weighted by Crippen LogP contribution is 2.54. The summed E-state index contributed by atoms with van der Waals surface area (Å²) in [7, 11) is 0. The maximum Gasteiger partial charge on any atom is 0.317 e. The number of furan rings is 2. The molecule has 26 heavy (non-hydrogen) atoms. The molecule has 1 aliphatic rings. The average Bonchev–Trinajstić information content (AvgIpc) is 3.05. The van der Waals surface area contributed by atoms with Crippen LogP contribution < -0.4 is 9.64 Å². The molecule has 0 aliphatic carbocycles. The van der Waals surface area contributed by atoms with Crippen molar-refractivity contribution in [3.05, 3.63) is 52.5 Å². The molecule has 0 atom stereocenters.